The second-order valence-electron chi connectivity index (χ2n) is 18.4. The summed E-state index contributed by atoms with van der Waals surface area (Å²) in [6.45, 7) is 9.17. The molecule has 0 spiro atoms. The first kappa shape index (κ1) is 50.1. The van der Waals surface area contributed by atoms with Gasteiger partial charge in [0.25, 0.3) is 0 Å². The van der Waals surface area contributed by atoms with Crippen LogP contribution in [0, 0.1) is 11.8 Å². The van der Waals surface area contributed by atoms with Crippen molar-refractivity contribution in [1.82, 2.24) is 0 Å². The number of carbonyl (C=O) groups is 4. The molecule has 10 nitrogen and oxygen atoms in total. The van der Waals surface area contributed by atoms with Crippen LogP contribution < -0.4 is 15.3 Å². The van der Waals surface area contributed by atoms with Crippen molar-refractivity contribution < 1.29 is 38.0 Å². The predicted molar refractivity (Wildman–Crippen MR) is 267 cm³/mol. The molecule has 4 aromatic carbocycles. The molecule has 4 aromatic rings. The Labute approximate surface area is 400 Å². The Balaban J connectivity index is 0.000000225. The summed E-state index contributed by atoms with van der Waals surface area (Å²) < 4.78 is 22.8. The number of ether oxygens (including phenoxy) is 2. The number of hydrogen-bond donors (Lipinski definition) is 0. The van der Waals surface area contributed by atoms with Crippen LogP contribution in [-0.2, 0) is 51.1 Å². The molecular formula is C54H64BBrN2O8. The number of esters is 2. The summed E-state index contributed by atoms with van der Waals surface area (Å²) in [5.74, 6) is -0.367. The average Bonchev–Trinajstić information content (AvgIpc) is 3.57. The van der Waals surface area contributed by atoms with Gasteiger partial charge in [-0.2, -0.15) is 0 Å². The number of amides is 2. The Morgan fingerprint density at radius 2 is 1.00 bits per heavy atom. The van der Waals surface area contributed by atoms with E-state index in [1.807, 2.05) is 135 Å². The number of methoxy groups -OCH3 is 2. The van der Waals surface area contributed by atoms with Gasteiger partial charge < -0.3 is 28.6 Å². The summed E-state index contributed by atoms with van der Waals surface area (Å²) in [6.07, 6.45) is 16.8. The minimum absolute atomic E-state index is 0.0343. The quantitative estimate of drug-likeness (QED) is 0.0740. The normalized spacial score (nSPS) is 17.2. The van der Waals surface area contributed by atoms with E-state index in [0.29, 0.717) is 13.1 Å². The molecule has 1 saturated heterocycles. The van der Waals surface area contributed by atoms with Crippen molar-refractivity contribution in [2.45, 2.75) is 116 Å². The van der Waals surface area contributed by atoms with E-state index < -0.39 is 30.3 Å². The number of carbonyl (C=O) groups excluding carboxylic acids is 4. The Kier molecular flexibility index (Phi) is 17.8. The van der Waals surface area contributed by atoms with Crippen LogP contribution in [0.2, 0.25) is 0 Å². The summed E-state index contributed by atoms with van der Waals surface area (Å²) in [6, 6.07) is 31.6. The van der Waals surface area contributed by atoms with E-state index in [0.717, 1.165) is 94.9 Å². The zero-order valence-corrected chi connectivity index (χ0v) is 40.9. The molecule has 66 heavy (non-hydrogen) atoms. The second kappa shape index (κ2) is 23.4. The third-order valence-corrected chi connectivity index (χ3v) is 13.7. The monoisotopic (exact) mass is 958 g/mol. The van der Waals surface area contributed by atoms with Crippen molar-refractivity contribution >= 4 is 75.8 Å². The molecule has 12 heteroatoms. The van der Waals surface area contributed by atoms with E-state index in [1.54, 1.807) is 12.2 Å². The van der Waals surface area contributed by atoms with E-state index in [9.17, 15) is 19.2 Å². The van der Waals surface area contributed by atoms with Gasteiger partial charge in [0, 0.05) is 39.8 Å². The van der Waals surface area contributed by atoms with Crippen LogP contribution in [0.5, 0.6) is 0 Å². The molecule has 1 heterocycles. The average molecular weight is 960 g/mol. The van der Waals surface area contributed by atoms with E-state index >= 15 is 0 Å². The molecule has 7 rings (SSSR count). The van der Waals surface area contributed by atoms with E-state index in [1.165, 1.54) is 39.2 Å². The maximum absolute atomic E-state index is 13.7. The minimum atomic E-state index is -0.419. The summed E-state index contributed by atoms with van der Waals surface area (Å²) in [4.78, 5) is 53.9. The highest BCUT2D eigenvalue weighted by molar-refractivity contribution is 9.10. The summed E-state index contributed by atoms with van der Waals surface area (Å²) >= 11 is 3.47. The standard InChI is InChI=1S/C30H38BNO5.C24H26BrNO3/c1-29(2)30(3,4)37-31(36-29)25-17-14-23(15-18-25)21-32(28(34)24-11-7-6-8-12-24)26-13-9-10-22(20-26)16-19-27(33)35-5;1-29-23(27)15-12-18-6-5-9-22(16-18)26(17-19-10-13-21(25)14-11-19)24(28)20-7-3-2-4-8-20/h9-10,13-20,24H,6-8,11-12,21H2,1-5H3;5-6,9-16,20H,2-4,7-8,17H2,1H3/b19-16+;15-12+. The van der Waals surface area contributed by atoms with Gasteiger partial charge in [-0.1, -0.05) is 115 Å². The number of anilines is 2. The number of nitrogens with zero attached hydrogens (tertiary/aromatic N) is 2. The third-order valence-electron chi connectivity index (χ3n) is 13.1. The van der Waals surface area contributed by atoms with Crippen LogP contribution in [0.25, 0.3) is 12.2 Å². The van der Waals surface area contributed by atoms with Crippen molar-refractivity contribution in [1.29, 1.82) is 0 Å². The van der Waals surface area contributed by atoms with Crippen molar-refractivity contribution in [3.8, 4) is 0 Å². The lowest BCUT2D eigenvalue weighted by atomic mass is 9.79. The lowest BCUT2D eigenvalue weighted by molar-refractivity contribution is -0.135. The van der Waals surface area contributed by atoms with Crippen LogP contribution in [0.4, 0.5) is 11.4 Å². The predicted octanol–water partition coefficient (Wildman–Crippen LogP) is 11.0. The third kappa shape index (κ3) is 13.6. The maximum atomic E-state index is 13.7. The largest absolute Gasteiger partial charge is 0.494 e. The summed E-state index contributed by atoms with van der Waals surface area (Å²) in [7, 11) is 2.29. The van der Waals surface area contributed by atoms with Gasteiger partial charge in [0.2, 0.25) is 11.8 Å². The molecule has 3 fully saturated rings. The fourth-order valence-corrected chi connectivity index (χ4v) is 8.77. The van der Waals surface area contributed by atoms with Gasteiger partial charge in [-0.25, -0.2) is 9.59 Å². The topological polar surface area (TPSA) is 112 Å². The van der Waals surface area contributed by atoms with Crippen LogP contribution >= 0.6 is 15.9 Å². The van der Waals surface area contributed by atoms with Gasteiger partial charge in [-0.05, 0) is 130 Å². The molecule has 3 aliphatic rings. The van der Waals surface area contributed by atoms with Gasteiger partial charge in [0.15, 0.2) is 0 Å². The van der Waals surface area contributed by atoms with Crippen molar-refractivity contribution in [2.24, 2.45) is 11.8 Å². The van der Waals surface area contributed by atoms with Crippen molar-refractivity contribution in [2.75, 3.05) is 24.0 Å². The molecule has 0 bridgehead atoms. The minimum Gasteiger partial charge on any atom is -0.466 e. The Hall–Kier alpha value is -5.30. The molecule has 0 radical (unpaired) electrons. The van der Waals surface area contributed by atoms with Gasteiger partial charge >= 0.3 is 19.1 Å². The molecule has 0 atom stereocenters. The number of rotatable bonds is 13. The van der Waals surface area contributed by atoms with E-state index in [4.69, 9.17) is 14.0 Å². The Morgan fingerprint density at radius 3 is 1.39 bits per heavy atom. The van der Waals surface area contributed by atoms with Gasteiger partial charge in [-0.15, -0.1) is 0 Å². The van der Waals surface area contributed by atoms with E-state index in [-0.39, 0.29) is 23.7 Å². The first-order valence-corrected chi connectivity index (χ1v) is 24.0. The molecule has 0 N–H and O–H groups in total. The summed E-state index contributed by atoms with van der Waals surface area (Å²) in [5.41, 5.74) is 5.62. The van der Waals surface area contributed by atoms with Crippen molar-refractivity contribution in [3.63, 3.8) is 0 Å². The molecule has 2 aliphatic carbocycles. The fourth-order valence-electron chi connectivity index (χ4n) is 8.50. The molecule has 0 aromatic heterocycles. The zero-order valence-electron chi connectivity index (χ0n) is 39.3. The maximum Gasteiger partial charge on any atom is 0.494 e. The molecule has 0 unspecified atom stereocenters. The highest BCUT2D eigenvalue weighted by Crippen LogP contribution is 2.37. The Bertz CT molecular complexity index is 2320. The van der Waals surface area contributed by atoms with Gasteiger partial charge in [0.1, 0.15) is 0 Å². The van der Waals surface area contributed by atoms with Crippen LogP contribution in [-0.4, -0.2) is 56.3 Å². The fraction of sp³-hybridized carbons (Fsp3) is 0.407. The number of halogens is 1. The highest BCUT2D eigenvalue weighted by atomic mass is 79.9. The first-order chi connectivity index (χ1) is 31.7. The molecule has 1 aliphatic heterocycles. The number of benzene rings is 4. The zero-order chi connectivity index (χ0) is 47.3. The van der Waals surface area contributed by atoms with Gasteiger partial charge in [0.05, 0.1) is 38.5 Å². The van der Waals surface area contributed by atoms with Crippen LogP contribution in [0.15, 0.2) is 114 Å². The first-order valence-electron chi connectivity index (χ1n) is 23.2. The van der Waals surface area contributed by atoms with E-state index in [2.05, 4.69) is 20.7 Å². The second-order valence-corrected chi connectivity index (χ2v) is 19.3. The highest BCUT2D eigenvalue weighted by Gasteiger charge is 2.51. The van der Waals surface area contributed by atoms with Crippen LogP contribution in [0.3, 0.4) is 0 Å². The van der Waals surface area contributed by atoms with Crippen molar-refractivity contribution in [3.05, 3.63) is 136 Å². The lowest BCUT2D eigenvalue weighted by Gasteiger charge is -2.32. The SMILES string of the molecule is COC(=O)/C=C/c1cccc(N(Cc2ccc(B3OC(C)(C)C(C)(C)O3)cc2)C(=O)C2CCCCC2)c1.COC(=O)/C=C/c1cccc(N(Cc2ccc(Br)cc2)C(=O)C2CCCCC2)c1. The summed E-state index contributed by atoms with van der Waals surface area (Å²) in [5, 5.41) is 0. The van der Waals surface area contributed by atoms with Crippen LogP contribution in [0.1, 0.15) is 114 Å². The molecule has 348 valence electrons. The lowest BCUT2D eigenvalue weighted by Crippen LogP contribution is -2.41. The smallest absolute Gasteiger partial charge is 0.466 e. The molecular weight excluding hydrogens is 895 g/mol. The number of hydrogen-bond acceptors (Lipinski definition) is 8. The van der Waals surface area contributed by atoms with Gasteiger partial charge in [-0.3, -0.25) is 9.59 Å². The Morgan fingerprint density at radius 1 is 0.606 bits per heavy atom. The molecule has 2 saturated carbocycles. The molecule has 2 amide bonds.